The van der Waals surface area contributed by atoms with Crippen molar-refractivity contribution >= 4 is 21.7 Å². The van der Waals surface area contributed by atoms with Gasteiger partial charge in [0.1, 0.15) is 23.2 Å². The molecule has 0 unspecified atom stereocenters. The Morgan fingerprint density at radius 3 is 2.65 bits per heavy atom. The largest absolute Gasteiger partial charge is 0.383 e. The van der Waals surface area contributed by atoms with E-state index in [1.807, 2.05) is 4.57 Å². The smallest absolute Gasteiger partial charge is 0.133 e. The molecule has 0 atom stereocenters. The first-order valence-electron chi connectivity index (χ1n) is 6.77. The van der Waals surface area contributed by atoms with Crippen LogP contribution in [0.4, 0.5) is 10.2 Å². The Kier molecular flexibility index (Phi) is 4.48. The van der Waals surface area contributed by atoms with Crippen LogP contribution in [0.25, 0.3) is 11.3 Å². The number of hydrogen-bond donors (Lipinski definition) is 1. The highest BCUT2D eigenvalue weighted by atomic mass is 79.9. The second-order valence-electron chi connectivity index (χ2n) is 5.13. The Balaban J connectivity index is 2.60. The predicted octanol–water partition coefficient (Wildman–Crippen LogP) is 4.57. The number of nitrogens with zero attached hydrogens (tertiary/aromatic N) is 2. The van der Waals surface area contributed by atoms with Crippen molar-refractivity contribution in [2.45, 2.75) is 39.7 Å². The van der Waals surface area contributed by atoms with E-state index < -0.39 is 0 Å². The fourth-order valence-electron chi connectivity index (χ4n) is 2.26. The van der Waals surface area contributed by atoms with Gasteiger partial charge in [0.25, 0.3) is 0 Å². The Morgan fingerprint density at radius 2 is 2.10 bits per heavy atom. The molecular formula is C15H19BrFN3. The third kappa shape index (κ3) is 2.73. The van der Waals surface area contributed by atoms with E-state index >= 15 is 0 Å². The number of aromatic nitrogens is 2. The molecule has 1 heterocycles. The van der Waals surface area contributed by atoms with Crippen LogP contribution in [0.15, 0.2) is 22.7 Å². The summed E-state index contributed by atoms with van der Waals surface area (Å²) in [7, 11) is 0. The van der Waals surface area contributed by atoms with Crippen molar-refractivity contribution in [2.75, 3.05) is 5.73 Å². The van der Waals surface area contributed by atoms with Gasteiger partial charge in [-0.25, -0.2) is 9.37 Å². The summed E-state index contributed by atoms with van der Waals surface area (Å²) >= 11 is 3.26. The van der Waals surface area contributed by atoms with Gasteiger partial charge in [-0.3, -0.25) is 0 Å². The van der Waals surface area contributed by atoms with E-state index in [4.69, 9.17) is 5.73 Å². The molecule has 5 heteroatoms. The number of imidazole rings is 1. The molecule has 108 valence electrons. The van der Waals surface area contributed by atoms with Crippen molar-refractivity contribution < 1.29 is 4.39 Å². The van der Waals surface area contributed by atoms with Crippen molar-refractivity contribution in [2.24, 2.45) is 0 Å². The molecule has 2 N–H and O–H groups in total. The van der Waals surface area contributed by atoms with Crippen LogP contribution in [0.1, 0.15) is 38.9 Å². The third-order valence-electron chi connectivity index (χ3n) is 3.19. The van der Waals surface area contributed by atoms with Crippen molar-refractivity contribution in [3.8, 4) is 11.3 Å². The second-order valence-corrected chi connectivity index (χ2v) is 6.05. The standard InChI is InChI=1S/C15H19BrFN3/c1-4-7-20-14(18)13(19-15(20)9(2)3)11-6-5-10(16)8-12(11)17/h5-6,8-9H,4,7,18H2,1-3H3. The van der Waals surface area contributed by atoms with Gasteiger partial charge in [0, 0.05) is 22.5 Å². The van der Waals surface area contributed by atoms with Gasteiger partial charge in [0.15, 0.2) is 0 Å². The summed E-state index contributed by atoms with van der Waals surface area (Å²) in [6, 6.07) is 4.94. The number of nitrogen functional groups attached to an aromatic ring is 1. The Bertz CT molecular complexity index is 620. The summed E-state index contributed by atoms with van der Waals surface area (Å²) in [6.45, 7) is 7.01. The van der Waals surface area contributed by atoms with Gasteiger partial charge in [-0.15, -0.1) is 0 Å². The van der Waals surface area contributed by atoms with Gasteiger partial charge in [-0.2, -0.15) is 0 Å². The van der Waals surface area contributed by atoms with E-state index in [2.05, 4.69) is 41.7 Å². The van der Waals surface area contributed by atoms with Gasteiger partial charge in [0.2, 0.25) is 0 Å². The molecule has 1 aromatic carbocycles. The highest BCUT2D eigenvalue weighted by Crippen LogP contribution is 2.32. The molecule has 0 amide bonds. The molecule has 0 saturated carbocycles. The van der Waals surface area contributed by atoms with E-state index in [1.54, 1.807) is 12.1 Å². The maximum atomic E-state index is 14.1. The molecule has 0 fully saturated rings. The lowest BCUT2D eigenvalue weighted by molar-refractivity contribution is 0.616. The fourth-order valence-corrected chi connectivity index (χ4v) is 2.60. The van der Waals surface area contributed by atoms with Crippen molar-refractivity contribution in [1.82, 2.24) is 9.55 Å². The quantitative estimate of drug-likeness (QED) is 0.886. The molecule has 2 rings (SSSR count). The number of hydrogen-bond acceptors (Lipinski definition) is 2. The highest BCUT2D eigenvalue weighted by Gasteiger charge is 2.20. The van der Waals surface area contributed by atoms with E-state index in [1.165, 1.54) is 6.07 Å². The topological polar surface area (TPSA) is 43.8 Å². The zero-order chi connectivity index (χ0) is 14.9. The van der Waals surface area contributed by atoms with Gasteiger partial charge >= 0.3 is 0 Å². The van der Waals surface area contributed by atoms with Crippen LogP contribution in [0.5, 0.6) is 0 Å². The van der Waals surface area contributed by atoms with Crippen molar-refractivity contribution in [3.63, 3.8) is 0 Å². The summed E-state index contributed by atoms with van der Waals surface area (Å²) in [5.41, 5.74) is 7.17. The van der Waals surface area contributed by atoms with Crippen LogP contribution in [0.2, 0.25) is 0 Å². The Morgan fingerprint density at radius 1 is 1.40 bits per heavy atom. The van der Waals surface area contributed by atoms with Gasteiger partial charge in [0.05, 0.1) is 0 Å². The van der Waals surface area contributed by atoms with Crippen LogP contribution >= 0.6 is 15.9 Å². The maximum absolute atomic E-state index is 14.1. The predicted molar refractivity (Wildman–Crippen MR) is 84.1 cm³/mol. The summed E-state index contributed by atoms with van der Waals surface area (Å²) < 4.78 is 16.8. The first-order valence-corrected chi connectivity index (χ1v) is 7.56. The molecule has 0 aliphatic heterocycles. The number of halogens is 2. The number of benzene rings is 1. The van der Waals surface area contributed by atoms with Crippen LogP contribution in [-0.2, 0) is 6.54 Å². The molecule has 1 aromatic heterocycles. The lowest BCUT2D eigenvalue weighted by Crippen LogP contribution is -2.08. The number of anilines is 1. The zero-order valence-corrected chi connectivity index (χ0v) is 13.5. The van der Waals surface area contributed by atoms with Crippen molar-refractivity contribution in [3.05, 3.63) is 34.3 Å². The first kappa shape index (κ1) is 15.0. The Labute approximate surface area is 127 Å². The molecule has 0 radical (unpaired) electrons. The van der Waals surface area contributed by atoms with E-state index in [0.29, 0.717) is 21.5 Å². The molecule has 0 aliphatic carbocycles. The second kappa shape index (κ2) is 5.95. The maximum Gasteiger partial charge on any atom is 0.133 e. The molecule has 20 heavy (non-hydrogen) atoms. The Hall–Kier alpha value is -1.36. The highest BCUT2D eigenvalue weighted by molar-refractivity contribution is 9.10. The molecule has 0 bridgehead atoms. The fraction of sp³-hybridized carbons (Fsp3) is 0.400. The molecule has 0 saturated heterocycles. The summed E-state index contributed by atoms with van der Waals surface area (Å²) in [4.78, 5) is 4.57. The summed E-state index contributed by atoms with van der Waals surface area (Å²) in [5.74, 6) is 1.37. The van der Waals surface area contributed by atoms with E-state index in [0.717, 1.165) is 18.8 Å². The van der Waals surface area contributed by atoms with Crippen LogP contribution in [0, 0.1) is 5.82 Å². The van der Waals surface area contributed by atoms with Gasteiger partial charge in [-0.1, -0.05) is 36.7 Å². The number of rotatable bonds is 4. The van der Waals surface area contributed by atoms with E-state index in [-0.39, 0.29) is 11.7 Å². The number of nitrogens with two attached hydrogens (primary N) is 1. The zero-order valence-electron chi connectivity index (χ0n) is 12.0. The van der Waals surface area contributed by atoms with Gasteiger partial charge in [-0.05, 0) is 24.6 Å². The molecular weight excluding hydrogens is 321 g/mol. The first-order chi connectivity index (χ1) is 9.45. The van der Waals surface area contributed by atoms with Crippen LogP contribution in [0.3, 0.4) is 0 Å². The minimum absolute atomic E-state index is 0.246. The molecule has 0 spiro atoms. The van der Waals surface area contributed by atoms with Crippen molar-refractivity contribution in [1.29, 1.82) is 0 Å². The summed E-state index contributed by atoms with van der Waals surface area (Å²) in [6.07, 6.45) is 0.961. The minimum atomic E-state index is -0.317. The minimum Gasteiger partial charge on any atom is -0.383 e. The van der Waals surface area contributed by atoms with Gasteiger partial charge < -0.3 is 10.3 Å². The molecule has 0 aliphatic rings. The SMILES string of the molecule is CCCn1c(C(C)C)nc(-c2ccc(Br)cc2F)c1N. The van der Waals surface area contributed by atoms with E-state index in [9.17, 15) is 4.39 Å². The molecule has 2 aromatic rings. The molecule has 3 nitrogen and oxygen atoms in total. The average molecular weight is 340 g/mol. The van der Waals surface area contributed by atoms with Crippen LogP contribution < -0.4 is 5.73 Å². The summed E-state index contributed by atoms with van der Waals surface area (Å²) in [5, 5.41) is 0. The van der Waals surface area contributed by atoms with Crippen LogP contribution in [-0.4, -0.2) is 9.55 Å². The normalized spacial score (nSPS) is 11.3. The lowest BCUT2D eigenvalue weighted by atomic mass is 10.1. The average Bonchev–Trinajstić information content (AvgIpc) is 2.68. The lowest BCUT2D eigenvalue weighted by Gasteiger charge is -2.10. The monoisotopic (exact) mass is 339 g/mol. The third-order valence-corrected chi connectivity index (χ3v) is 3.68.